The Hall–Kier alpha value is -2.67. The molecule has 0 aliphatic carbocycles. The third-order valence-electron chi connectivity index (χ3n) is 3.46. The van der Waals surface area contributed by atoms with Gasteiger partial charge in [0.15, 0.2) is 11.0 Å². The summed E-state index contributed by atoms with van der Waals surface area (Å²) in [6, 6.07) is 15.7. The molecule has 25 heavy (non-hydrogen) atoms. The number of rotatable bonds is 6. The van der Waals surface area contributed by atoms with E-state index in [1.807, 2.05) is 41.8 Å². The molecule has 3 aromatic rings. The predicted molar refractivity (Wildman–Crippen MR) is 96.2 cm³/mol. The van der Waals surface area contributed by atoms with Crippen molar-refractivity contribution in [2.24, 2.45) is 0 Å². The van der Waals surface area contributed by atoms with Gasteiger partial charge in [0.2, 0.25) is 5.91 Å². The number of aromatic nitrogens is 3. The van der Waals surface area contributed by atoms with Gasteiger partial charge in [-0.05, 0) is 43.3 Å². The normalized spacial score (nSPS) is 10.6. The molecule has 0 unspecified atom stereocenters. The highest BCUT2D eigenvalue weighted by molar-refractivity contribution is 7.99. The Bertz CT molecular complexity index is 849. The number of hydrogen-bond acceptors (Lipinski definition) is 4. The van der Waals surface area contributed by atoms with Crippen molar-refractivity contribution in [1.29, 1.82) is 0 Å². The third-order valence-corrected chi connectivity index (χ3v) is 4.39. The first-order valence-corrected chi connectivity index (χ1v) is 8.84. The smallest absolute Gasteiger partial charge is 0.230 e. The van der Waals surface area contributed by atoms with Gasteiger partial charge in [-0.2, -0.15) is 0 Å². The van der Waals surface area contributed by atoms with Crippen molar-refractivity contribution >= 4 is 17.7 Å². The molecule has 0 saturated heterocycles. The molecule has 1 N–H and O–H groups in total. The number of hydrogen-bond donors (Lipinski definition) is 1. The van der Waals surface area contributed by atoms with Crippen LogP contribution < -0.4 is 5.32 Å². The Balaban J connectivity index is 1.98. The molecule has 0 radical (unpaired) electrons. The fraction of sp³-hybridized carbons (Fsp3) is 0.167. The molecule has 2 aromatic carbocycles. The van der Waals surface area contributed by atoms with Gasteiger partial charge < -0.3 is 5.32 Å². The van der Waals surface area contributed by atoms with Crippen LogP contribution in [0.4, 0.5) is 4.39 Å². The molecule has 0 saturated carbocycles. The van der Waals surface area contributed by atoms with E-state index in [0.29, 0.717) is 17.5 Å². The highest BCUT2D eigenvalue weighted by Crippen LogP contribution is 2.27. The lowest BCUT2D eigenvalue weighted by molar-refractivity contribution is -0.118. The highest BCUT2D eigenvalue weighted by Gasteiger charge is 2.17. The minimum absolute atomic E-state index is 0.0570. The van der Waals surface area contributed by atoms with Crippen LogP contribution in [0, 0.1) is 5.82 Å². The van der Waals surface area contributed by atoms with Gasteiger partial charge in [-0.25, -0.2) is 4.39 Å². The zero-order chi connectivity index (χ0) is 17.6. The lowest BCUT2D eigenvalue weighted by Crippen LogP contribution is -2.24. The maximum absolute atomic E-state index is 13.2. The Morgan fingerprint density at radius 1 is 1.12 bits per heavy atom. The van der Waals surface area contributed by atoms with Crippen molar-refractivity contribution in [1.82, 2.24) is 20.1 Å². The first kappa shape index (κ1) is 17.2. The first-order chi connectivity index (χ1) is 12.2. The fourth-order valence-corrected chi connectivity index (χ4v) is 3.12. The summed E-state index contributed by atoms with van der Waals surface area (Å²) in [4.78, 5) is 11.7. The number of para-hydroxylation sites is 1. The second-order valence-corrected chi connectivity index (χ2v) is 6.17. The molecular weight excluding hydrogens is 339 g/mol. The maximum atomic E-state index is 13.2. The summed E-state index contributed by atoms with van der Waals surface area (Å²) in [6.45, 7) is 2.47. The van der Waals surface area contributed by atoms with E-state index in [-0.39, 0.29) is 17.5 Å². The number of halogens is 1. The average molecular weight is 356 g/mol. The van der Waals surface area contributed by atoms with Crippen LogP contribution >= 0.6 is 11.8 Å². The minimum Gasteiger partial charge on any atom is -0.356 e. The van der Waals surface area contributed by atoms with E-state index in [1.54, 1.807) is 12.1 Å². The number of nitrogens with one attached hydrogen (secondary N) is 1. The monoisotopic (exact) mass is 356 g/mol. The van der Waals surface area contributed by atoms with Crippen molar-refractivity contribution in [2.45, 2.75) is 12.1 Å². The van der Waals surface area contributed by atoms with Gasteiger partial charge in [0.25, 0.3) is 0 Å². The molecular formula is C18H17FN4OS. The molecule has 5 nitrogen and oxygen atoms in total. The number of amides is 1. The number of nitrogens with zero attached hydrogens (tertiary/aromatic N) is 3. The summed E-state index contributed by atoms with van der Waals surface area (Å²) >= 11 is 1.31. The minimum atomic E-state index is -0.305. The zero-order valence-electron chi connectivity index (χ0n) is 13.6. The van der Waals surface area contributed by atoms with Crippen molar-refractivity contribution in [3.8, 4) is 17.1 Å². The Kier molecular flexibility index (Phi) is 5.45. The third kappa shape index (κ3) is 4.06. The van der Waals surface area contributed by atoms with Crippen LogP contribution in [0.5, 0.6) is 0 Å². The van der Waals surface area contributed by atoms with Gasteiger partial charge in [-0.1, -0.05) is 30.0 Å². The second-order valence-electron chi connectivity index (χ2n) is 5.23. The van der Waals surface area contributed by atoms with Crippen LogP contribution in [0.2, 0.25) is 0 Å². The average Bonchev–Trinajstić information content (AvgIpc) is 3.05. The van der Waals surface area contributed by atoms with Crippen LogP contribution in [0.25, 0.3) is 17.1 Å². The molecule has 0 aliphatic heterocycles. The lowest BCUT2D eigenvalue weighted by Gasteiger charge is -2.10. The van der Waals surface area contributed by atoms with Crippen LogP contribution in [-0.2, 0) is 4.79 Å². The summed E-state index contributed by atoms with van der Waals surface area (Å²) in [5.41, 5.74) is 1.63. The van der Waals surface area contributed by atoms with Gasteiger partial charge in [-0.3, -0.25) is 9.36 Å². The molecule has 1 heterocycles. The Morgan fingerprint density at radius 3 is 2.52 bits per heavy atom. The number of thioether (sulfide) groups is 1. The van der Waals surface area contributed by atoms with Gasteiger partial charge in [-0.15, -0.1) is 10.2 Å². The first-order valence-electron chi connectivity index (χ1n) is 7.85. The van der Waals surface area contributed by atoms with E-state index in [9.17, 15) is 9.18 Å². The quantitative estimate of drug-likeness (QED) is 0.689. The Labute approximate surface area is 149 Å². The molecule has 0 spiro atoms. The summed E-state index contributed by atoms with van der Waals surface area (Å²) in [6.07, 6.45) is 0. The number of carbonyl (C=O) groups is 1. The van der Waals surface area contributed by atoms with Gasteiger partial charge in [0.1, 0.15) is 5.82 Å². The summed E-state index contributed by atoms with van der Waals surface area (Å²) in [5, 5.41) is 11.8. The largest absolute Gasteiger partial charge is 0.356 e. The SMILES string of the molecule is CCNC(=O)CSc1nnc(-c2ccc(F)cc2)n1-c1ccccc1. The van der Waals surface area contributed by atoms with E-state index in [2.05, 4.69) is 15.5 Å². The van der Waals surface area contributed by atoms with Gasteiger partial charge in [0.05, 0.1) is 5.75 Å². The van der Waals surface area contributed by atoms with Crippen molar-refractivity contribution in [2.75, 3.05) is 12.3 Å². The molecule has 0 bridgehead atoms. The standard InChI is InChI=1S/C18H17FN4OS/c1-2-20-16(24)12-25-18-22-21-17(13-8-10-14(19)11-9-13)23(18)15-6-4-3-5-7-15/h3-11H,2,12H2,1H3,(H,20,24). The molecule has 1 amide bonds. The lowest BCUT2D eigenvalue weighted by atomic mass is 10.2. The topological polar surface area (TPSA) is 59.8 Å². The Morgan fingerprint density at radius 2 is 1.84 bits per heavy atom. The van der Waals surface area contributed by atoms with Gasteiger partial charge >= 0.3 is 0 Å². The van der Waals surface area contributed by atoms with E-state index in [4.69, 9.17) is 0 Å². The predicted octanol–water partition coefficient (Wildman–Crippen LogP) is 3.30. The van der Waals surface area contributed by atoms with Crippen molar-refractivity contribution in [3.63, 3.8) is 0 Å². The van der Waals surface area contributed by atoms with Crippen LogP contribution in [0.3, 0.4) is 0 Å². The number of carbonyl (C=O) groups excluding carboxylic acids is 1. The van der Waals surface area contributed by atoms with E-state index in [0.717, 1.165) is 11.3 Å². The maximum Gasteiger partial charge on any atom is 0.230 e. The molecule has 3 rings (SSSR count). The second kappa shape index (κ2) is 7.94. The highest BCUT2D eigenvalue weighted by atomic mass is 32.2. The molecule has 128 valence electrons. The molecule has 0 aliphatic rings. The summed E-state index contributed by atoms with van der Waals surface area (Å²) < 4.78 is 15.1. The van der Waals surface area contributed by atoms with E-state index >= 15 is 0 Å². The summed E-state index contributed by atoms with van der Waals surface area (Å²) in [7, 11) is 0. The molecule has 1 aromatic heterocycles. The summed E-state index contributed by atoms with van der Waals surface area (Å²) in [5.74, 6) is 0.491. The van der Waals surface area contributed by atoms with E-state index < -0.39 is 0 Å². The van der Waals surface area contributed by atoms with E-state index in [1.165, 1.54) is 23.9 Å². The molecule has 0 atom stereocenters. The van der Waals surface area contributed by atoms with Crippen molar-refractivity contribution < 1.29 is 9.18 Å². The van der Waals surface area contributed by atoms with Crippen molar-refractivity contribution in [3.05, 3.63) is 60.4 Å². The molecule has 7 heteroatoms. The fourth-order valence-electron chi connectivity index (χ4n) is 2.34. The van der Waals surface area contributed by atoms with Crippen LogP contribution in [-0.4, -0.2) is 33.0 Å². The number of benzene rings is 2. The van der Waals surface area contributed by atoms with Gasteiger partial charge in [0, 0.05) is 17.8 Å². The zero-order valence-corrected chi connectivity index (χ0v) is 14.5. The van der Waals surface area contributed by atoms with Crippen LogP contribution in [0.15, 0.2) is 59.8 Å². The van der Waals surface area contributed by atoms with Crippen LogP contribution in [0.1, 0.15) is 6.92 Å². The molecule has 0 fully saturated rings.